The van der Waals surface area contributed by atoms with Gasteiger partial charge in [0.15, 0.2) is 0 Å². The number of carbonyl (C=O) groups excluding carboxylic acids is 1. The lowest BCUT2D eigenvalue weighted by atomic mass is 10.3. The molecule has 3 nitrogen and oxygen atoms in total. The predicted molar refractivity (Wildman–Crippen MR) is 52.5 cm³/mol. The van der Waals surface area contributed by atoms with Crippen molar-refractivity contribution in [3.63, 3.8) is 0 Å². The molecule has 1 aliphatic rings. The molecule has 1 saturated heterocycles. The number of piperazine rings is 1. The van der Waals surface area contributed by atoms with E-state index in [1.807, 2.05) is 11.2 Å². The molecule has 1 amide bonds. The van der Waals surface area contributed by atoms with E-state index in [0.29, 0.717) is 5.75 Å². The topological polar surface area (TPSA) is 23.6 Å². The highest BCUT2D eigenvalue weighted by atomic mass is 32.2. The number of carbonyl (C=O) groups is 1. The van der Waals surface area contributed by atoms with Gasteiger partial charge in [-0.2, -0.15) is 11.8 Å². The van der Waals surface area contributed by atoms with Crippen molar-refractivity contribution < 1.29 is 4.79 Å². The van der Waals surface area contributed by atoms with Crippen LogP contribution >= 0.6 is 11.8 Å². The molecule has 0 bridgehead atoms. The maximum absolute atomic E-state index is 11.4. The van der Waals surface area contributed by atoms with E-state index in [2.05, 4.69) is 11.9 Å². The first-order valence-electron chi connectivity index (χ1n) is 4.19. The van der Waals surface area contributed by atoms with Crippen LogP contribution in [0.1, 0.15) is 0 Å². The molecule has 0 aromatic heterocycles. The summed E-state index contributed by atoms with van der Waals surface area (Å²) < 4.78 is 0. The molecular weight excluding hydrogens is 172 g/mol. The molecule has 0 unspecified atom stereocenters. The molecule has 0 spiro atoms. The molecule has 70 valence electrons. The number of hydrogen-bond donors (Lipinski definition) is 0. The highest BCUT2D eigenvalue weighted by molar-refractivity contribution is 7.99. The van der Waals surface area contributed by atoms with Gasteiger partial charge < -0.3 is 9.80 Å². The van der Waals surface area contributed by atoms with Gasteiger partial charge in [0.25, 0.3) is 0 Å². The summed E-state index contributed by atoms with van der Waals surface area (Å²) in [6, 6.07) is 0. The van der Waals surface area contributed by atoms with Crippen molar-refractivity contribution in [2.45, 2.75) is 0 Å². The third kappa shape index (κ3) is 2.68. The second kappa shape index (κ2) is 4.72. The molecule has 0 radical (unpaired) electrons. The van der Waals surface area contributed by atoms with Crippen molar-refractivity contribution in [2.75, 3.05) is 45.2 Å². The minimum absolute atomic E-state index is 0.288. The lowest BCUT2D eigenvalue weighted by Gasteiger charge is -2.32. The predicted octanol–water partition coefficient (Wildman–Crippen LogP) is 0.123. The maximum Gasteiger partial charge on any atom is 0.232 e. The van der Waals surface area contributed by atoms with Crippen LogP contribution in [-0.4, -0.2) is 60.9 Å². The summed E-state index contributed by atoms with van der Waals surface area (Å²) in [5, 5.41) is 0. The minimum atomic E-state index is 0.288. The maximum atomic E-state index is 11.4. The van der Waals surface area contributed by atoms with Crippen LogP contribution in [0.2, 0.25) is 0 Å². The molecule has 1 aliphatic heterocycles. The minimum Gasteiger partial charge on any atom is -0.339 e. The van der Waals surface area contributed by atoms with Crippen LogP contribution in [0.4, 0.5) is 0 Å². The van der Waals surface area contributed by atoms with Crippen LogP contribution in [0, 0.1) is 0 Å². The smallest absolute Gasteiger partial charge is 0.232 e. The van der Waals surface area contributed by atoms with Crippen LogP contribution in [0.25, 0.3) is 0 Å². The number of rotatable bonds is 2. The Morgan fingerprint density at radius 3 is 2.42 bits per heavy atom. The summed E-state index contributed by atoms with van der Waals surface area (Å²) in [5.74, 6) is 0.916. The van der Waals surface area contributed by atoms with E-state index < -0.39 is 0 Å². The van der Waals surface area contributed by atoms with Gasteiger partial charge >= 0.3 is 0 Å². The van der Waals surface area contributed by atoms with E-state index >= 15 is 0 Å². The summed E-state index contributed by atoms with van der Waals surface area (Å²) in [6.45, 7) is 3.83. The second-order valence-corrected chi connectivity index (χ2v) is 3.98. The van der Waals surface area contributed by atoms with Crippen molar-refractivity contribution in [1.82, 2.24) is 9.80 Å². The molecule has 0 atom stereocenters. The van der Waals surface area contributed by atoms with Crippen LogP contribution in [-0.2, 0) is 4.79 Å². The molecule has 4 heteroatoms. The fraction of sp³-hybridized carbons (Fsp3) is 0.875. The average molecular weight is 188 g/mol. The lowest BCUT2D eigenvalue weighted by molar-refractivity contribution is -0.129. The molecule has 0 N–H and O–H groups in total. The van der Waals surface area contributed by atoms with Crippen molar-refractivity contribution in [2.24, 2.45) is 0 Å². The van der Waals surface area contributed by atoms with Crippen LogP contribution in [0.15, 0.2) is 0 Å². The van der Waals surface area contributed by atoms with Crippen LogP contribution < -0.4 is 0 Å². The van der Waals surface area contributed by atoms with Gasteiger partial charge in [0.2, 0.25) is 5.91 Å². The third-order valence-electron chi connectivity index (χ3n) is 2.12. The Labute approximate surface area is 78.1 Å². The summed E-state index contributed by atoms with van der Waals surface area (Å²) in [6.07, 6.45) is 1.97. The summed E-state index contributed by atoms with van der Waals surface area (Å²) in [5.41, 5.74) is 0. The Hall–Kier alpha value is -0.220. The average Bonchev–Trinajstić information content (AvgIpc) is 2.06. The fourth-order valence-electron chi connectivity index (χ4n) is 1.27. The van der Waals surface area contributed by atoms with Gasteiger partial charge in [-0.25, -0.2) is 0 Å². The Kier molecular flexibility index (Phi) is 3.88. The Morgan fingerprint density at radius 2 is 1.92 bits per heavy atom. The van der Waals surface area contributed by atoms with Gasteiger partial charge in [-0.05, 0) is 13.3 Å². The highest BCUT2D eigenvalue weighted by Crippen LogP contribution is 2.02. The zero-order valence-corrected chi connectivity index (χ0v) is 8.56. The third-order valence-corrected chi connectivity index (χ3v) is 2.66. The van der Waals surface area contributed by atoms with Gasteiger partial charge in [0, 0.05) is 26.2 Å². The van der Waals surface area contributed by atoms with E-state index in [-0.39, 0.29) is 5.91 Å². The fourth-order valence-corrected chi connectivity index (χ4v) is 1.70. The zero-order chi connectivity index (χ0) is 8.97. The lowest BCUT2D eigenvalue weighted by Crippen LogP contribution is -2.47. The Morgan fingerprint density at radius 1 is 1.33 bits per heavy atom. The monoisotopic (exact) mass is 188 g/mol. The van der Waals surface area contributed by atoms with Gasteiger partial charge in [-0.15, -0.1) is 0 Å². The Bertz CT molecular complexity index is 155. The van der Waals surface area contributed by atoms with Crippen molar-refractivity contribution in [3.05, 3.63) is 0 Å². The molecule has 0 aromatic carbocycles. The van der Waals surface area contributed by atoms with Crippen molar-refractivity contribution in [3.8, 4) is 0 Å². The van der Waals surface area contributed by atoms with Crippen LogP contribution in [0.5, 0.6) is 0 Å². The number of nitrogens with zero attached hydrogens (tertiary/aromatic N) is 2. The molecule has 1 heterocycles. The highest BCUT2D eigenvalue weighted by Gasteiger charge is 2.17. The van der Waals surface area contributed by atoms with E-state index in [1.165, 1.54) is 0 Å². The zero-order valence-electron chi connectivity index (χ0n) is 7.75. The number of amides is 1. The summed E-state index contributed by atoms with van der Waals surface area (Å²) in [7, 11) is 2.09. The SMILES string of the molecule is CSCC(=O)N1CCN(C)CC1. The normalized spacial score (nSPS) is 19.7. The van der Waals surface area contributed by atoms with Crippen LogP contribution in [0.3, 0.4) is 0 Å². The van der Waals surface area contributed by atoms with Gasteiger partial charge in [0.05, 0.1) is 5.75 Å². The first-order valence-corrected chi connectivity index (χ1v) is 5.58. The first-order chi connectivity index (χ1) is 5.74. The largest absolute Gasteiger partial charge is 0.339 e. The Balaban J connectivity index is 2.29. The second-order valence-electron chi connectivity index (χ2n) is 3.12. The molecule has 12 heavy (non-hydrogen) atoms. The number of thioether (sulfide) groups is 1. The van der Waals surface area contributed by atoms with E-state index in [4.69, 9.17) is 0 Å². The molecule has 0 saturated carbocycles. The molecule has 0 aromatic rings. The van der Waals surface area contributed by atoms with Gasteiger partial charge in [-0.1, -0.05) is 0 Å². The molecule has 1 rings (SSSR count). The van der Waals surface area contributed by atoms with E-state index in [9.17, 15) is 4.79 Å². The summed E-state index contributed by atoms with van der Waals surface area (Å²) in [4.78, 5) is 15.6. The number of likely N-dealkylation sites (N-methyl/N-ethyl adjacent to an activating group) is 1. The van der Waals surface area contributed by atoms with E-state index in [1.54, 1.807) is 11.8 Å². The molecule has 1 fully saturated rings. The number of hydrogen-bond acceptors (Lipinski definition) is 3. The quantitative estimate of drug-likeness (QED) is 0.615. The first kappa shape index (κ1) is 9.86. The van der Waals surface area contributed by atoms with E-state index in [0.717, 1.165) is 26.2 Å². The van der Waals surface area contributed by atoms with Gasteiger partial charge in [-0.3, -0.25) is 4.79 Å². The van der Waals surface area contributed by atoms with Crippen molar-refractivity contribution >= 4 is 17.7 Å². The van der Waals surface area contributed by atoms with Gasteiger partial charge in [0.1, 0.15) is 0 Å². The molecule has 0 aliphatic carbocycles. The standard InChI is InChI=1S/C8H16N2OS/c1-9-3-5-10(6-4-9)8(11)7-12-2/h3-7H2,1-2H3. The molecular formula is C8H16N2OS. The van der Waals surface area contributed by atoms with Crippen molar-refractivity contribution in [1.29, 1.82) is 0 Å². The summed E-state index contributed by atoms with van der Waals surface area (Å²) >= 11 is 1.60.